The van der Waals surface area contributed by atoms with Crippen molar-refractivity contribution in [1.29, 1.82) is 0 Å². The van der Waals surface area contributed by atoms with E-state index in [2.05, 4.69) is 6.58 Å². The molecule has 1 aromatic carbocycles. The second-order valence-corrected chi connectivity index (χ2v) is 3.89. The molecule has 0 saturated heterocycles. The van der Waals surface area contributed by atoms with Gasteiger partial charge in [-0.05, 0) is 43.5 Å². The van der Waals surface area contributed by atoms with Crippen molar-refractivity contribution in [2.75, 3.05) is 4.90 Å². The Labute approximate surface area is 95.2 Å². The van der Waals surface area contributed by atoms with Crippen molar-refractivity contribution < 1.29 is 4.79 Å². The summed E-state index contributed by atoms with van der Waals surface area (Å²) in [5, 5.41) is -0.528. The summed E-state index contributed by atoms with van der Waals surface area (Å²) in [5.74, 6) is 0. The number of para-hydroxylation sites is 1. The Morgan fingerprint density at radius 3 is 2.13 bits per heavy atom. The molecule has 0 aliphatic heterocycles. The molecular weight excluding hydrogens is 210 g/mol. The Kier molecular flexibility index (Phi) is 3.53. The molecule has 0 atom stereocenters. The van der Waals surface area contributed by atoms with Crippen LogP contribution in [0.2, 0.25) is 0 Å². The van der Waals surface area contributed by atoms with Crippen molar-refractivity contribution in [1.82, 2.24) is 0 Å². The lowest BCUT2D eigenvalue weighted by molar-refractivity contribution is 0.265. The number of benzene rings is 1. The number of hydrogen-bond donors (Lipinski definition) is 0. The van der Waals surface area contributed by atoms with Gasteiger partial charge in [-0.15, -0.1) is 0 Å². The normalized spacial score (nSPS) is 9.87. The molecule has 0 aliphatic carbocycles. The van der Waals surface area contributed by atoms with Gasteiger partial charge >= 0.3 is 5.37 Å². The Balaban J connectivity index is 3.35. The van der Waals surface area contributed by atoms with E-state index in [-0.39, 0.29) is 0 Å². The predicted octanol–water partition coefficient (Wildman–Crippen LogP) is 4.00. The van der Waals surface area contributed by atoms with Crippen molar-refractivity contribution in [3.63, 3.8) is 0 Å². The number of carbonyl (C=O) groups is 1. The summed E-state index contributed by atoms with van der Waals surface area (Å²) in [5.41, 5.74) is 3.46. The van der Waals surface area contributed by atoms with Gasteiger partial charge in [0, 0.05) is 5.70 Å². The van der Waals surface area contributed by atoms with Crippen LogP contribution in [0, 0.1) is 13.8 Å². The van der Waals surface area contributed by atoms with Gasteiger partial charge in [-0.2, -0.15) is 0 Å². The molecule has 0 aliphatic rings. The first-order valence-electron chi connectivity index (χ1n) is 4.66. The average Bonchev–Trinajstić information content (AvgIpc) is 2.09. The molecule has 1 rings (SSSR count). The minimum atomic E-state index is -0.528. The standard InChI is InChI=1S/C12H14ClNO/c1-8(2)14(12(13)15)11-9(3)6-5-7-10(11)4/h5-7H,1H2,2-4H3. The first-order chi connectivity index (χ1) is 6.95. The highest BCUT2D eigenvalue weighted by molar-refractivity contribution is 6.66. The Bertz CT molecular complexity index is 378. The average molecular weight is 224 g/mol. The molecule has 0 heterocycles. The van der Waals surface area contributed by atoms with Gasteiger partial charge in [-0.1, -0.05) is 24.8 Å². The lowest BCUT2D eigenvalue weighted by atomic mass is 10.1. The van der Waals surface area contributed by atoms with Crippen LogP contribution in [0.4, 0.5) is 10.5 Å². The number of allylic oxidation sites excluding steroid dienone is 1. The first-order valence-corrected chi connectivity index (χ1v) is 5.04. The predicted molar refractivity (Wildman–Crippen MR) is 64.5 cm³/mol. The van der Waals surface area contributed by atoms with Crippen molar-refractivity contribution in [2.45, 2.75) is 20.8 Å². The number of amides is 1. The number of nitrogens with zero attached hydrogens (tertiary/aromatic N) is 1. The van der Waals surface area contributed by atoms with Crippen molar-refractivity contribution >= 4 is 22.7 Å². The maximum Gasteiger partial charge on any atom is 0.325 e. The van der Waals surface area contributed by atoms with Crippen LogP contribution in [0.15, 0.2) is 30.5 Å². The lowest BCUT2D eigenvalue weighted by Crippen LogP contribution is -2.24. The highest BCUT2D eigenvalue weighted by Crippen LogP contribution is 2.28. The van der Waals surface area contributed by atoms with Crippen LogP contribution < -0.4 is 4.90 Å². The topological polar surface area (TPSA) is 20.3 Å². The molecule has 0 unspecified atom stereocenters. The van der Waals surface area contributed by atoms with E-state index in [0.29, 0.717) is 5.70 Å². The summed E-state index contributed by atoms with van der Waals surface area (Å²) in [6.07, 6.45) is 0. The molecule has 0 saturated carbocycles. The second kappa shape index (κ2) is 4.49. The molecule has 3 heteroatoms. The largest absolute Gasteiger partial charge is 0.325 e. The van der Waals surface area contributed by atoms with E-state index in [0.717, 1.165) is 16.8 Å². The summed E-state index contributed by atoms with van der Waals surface area (Å²) < 4.78 is 0. The lowest BCUT2D eigenvalue weighted by Gasteiger charge is -2.23. The van der Waals surface area contributed by atoms with Crippen LogP contribution in [-0.4, -0.2) is 5.37 Å². The fourth-order valence-corrected chi connectivity index (χ4v) is 1.82. The zero-order valence-electron chi connectivity index (χ0n) is 9.17. The molecule has 0 N–H and O–H groups in total. The Morgan fingerprint density at radius 1 is 1.33 bits per heavy atom. The fourth-order valence-electron chi connectivity index (χ4n) is 1.59. The van der Waals surface area contributed by atoms with Crippen LogP contribution in [0.3, 0.4) is 0 Å². The minimum Gasteiger partial charge on any atom is -0.272 e. The van der Waals surface area contributed by atoms with Crippen molar-refractivity contribution in [2.24, 2.45) is 0 Å². The molecule has 2 nitrogen and oxygen atoms in total. The Hall–Kier alpha value is -1.28. The van der Waals surface area contributed by atoms with Gasteiger partial charge in [-0.25, -0.2) is 0 Å². The Morgan fingerprint density at radius 2 is 1.80 bits per heavy atom. The van der Waals surface area contributed by atoms with E-state index in [9.17, 15) is 4.79 Å². The summed E-state index contributed by atoms with van der Waals surface area (Å²) in [7, 11) is 0. The van der Waals surface area contributed by atoms with Crippen LogP contribution in [-0.2, 0) is 0 Å². The number of rotatable bonds is 2. The highest BCUT2D eigenvalue weighted by atomic mass is 35.5. The van der Waals surface area contributed by atoms with Crippen LogP contribution in [0.25, 0.3) is 0 Å². The molecule has 1 amide bonds. The first kappa shape index (κ1) is 11.8. The van der Waals surface area contributed by atoms with Gasteiger partial charge in [-0.3, -0.25) is 9.69 Å². The number of carbonyl (C=O) groups excluding carboxylic acids is 1. The summed E-state index contributed by atoms with van der Waals surface area (Å²) in [6.45, 7) is 9.40. The van der Waals surface area contributed by atoms with E-state index in [1.54, 1.807) is 6.92 Å². The van der Waals surface area contributed by atoms with Gasteiger partial charge in [0.05, 0.1) is 5.69 Å². The number of anilines is 1. The second-order valence-electron chi connectivity index (χ2n) is 3.56. The van der Waals surface area contributed by atoms with Crippen LogP contribution in [0.1, 0.15) is 18.1 Å². The molecule has 1 aromatic rings. The number of halogens is 1. The quantitative estimate of drug-likeness (QED) is 0.548. The highest BCUT2D eigenvalue weighted by Gasteiger charge is 2.17. The van der Waals surface area contributed by atoms with E-state index < -0.39 is 5.37 Å². The molecule has 80 valence electrons. The van der Waals surface area contributed by atoms with Gasteiger partial charge in [0.25, 0.3) is 0 Å². The minimum absolute atomic E-state index is 0.528. The molecular formula is C12H14ClNO. The number of hydrogen-bond acceptors (Lipinski definition) is 1. The third-order valence-corrected chi connectivity index (χ3v) is 2.39. The monoisotopic (exact) mass is 223 g/mol. The summed E-state index contributed by atoms with van der Waals surface area (Å²) >= 11 is 5.54. The van der Waals surface area contributed by atoms with Crippen molar-refractivity contribution in [3.05, 3.63) is 41.6 Å². The fraction of sp³-hybridized carbons (Fsp3) is 0.250. The third-order valence-electron chi connectivity index (χ3n) is 2.22. The van der Waals surface area contributed by atoms with Crippen LogP contribution in [0.5, 0.6) is 0 Å². The summed E-state index contributed by atoms with van der Waals surface area (Å²) in [4.78, 5) is 12.7. The molecule has 0 fully saturated rings. The molecule has 0 spiro atoms. The zero-order chi connectivity index (χ0) is 11.6. The van der Waals surface area contributed by atoms with E-state index >= 15 is 0 Å². The maximum absolute atomic E-state index is 11.3. The van der Waals surface area contributed by atoms with E-state index in [1.807, 2.05) is 32.0 Å². The van der Waals surface area contributed by atoms with Gasteiger partial charge in [0.1, 0.15) is 0 Å². The van der Waals surface area contributed by atoms with Gasteiger partial charge in [0.15, 0.2) is 0 Å². The third kappa shape index (κ3) is 2.39. The van der Waals surface area contributed by atoms with Crippen LogP contribution >= 0.6 is 11.6 Å². The van der Waals surface area contributed by atoms with Gasteiger partial charge < -0.3 is 0 Å². The van der Waals surface area contributed by atoms with E-state index in [1.165, 1.54) is 4.90 Å². The molecule has 0 radical (unpaired) electrons. The molecule has 0 bridgehead atoms. The summed E-state index contributed by atoms with van der Waals surface area (Å²) in [6, 6.07) is 5.83. The number of aryl methyl sites for hydroxylation is 2. The molecule has 0 aromatic heterocycles. The SMILES string of the molecule is C=C(C)N(C(=O)Cl)c1c(C)cccc1C. The maximum atomic E-state index is 11.3. The van der Waals surface area contributed by atoms with E-state index in [4.69, 9.17) is 11.6 Å². The smallest absolute Gasteiger partial charge is 0.272 e. The van der Waals surface area contributed by atoms with Crippen molar-refractivity contribution in [3.8, 4) is 0 Å². The molecule has 15 heavy (non-hydrogen) atoms. The van der Waals surface area contributed by atoms with Gasteiger partial charge in [0.2, 0.25) is 0 Å². The zero-order valence-corrected chi connectivity index (χ0v) is 9.93.